The van der Waals surface area contributed by atoms with Gasteiger partial charge in [-0.3, -0.25) is 0 Å². The van der Waals surface area contributed by atoms with Gasteiger partial charge in [-0.05, 0) is 23.9 Å². The van der Waals surface area contributed by atoms with Crippen LogP contribution in [0.2, 0.25) is 0 Å². The van der Waals surface area contributed by atoms with Crippen LogP contribution in [0.4, 0.5) is 0 Å². The molecule has 0 aliphatic carbocycles. The second kappa shape index (κ2) is 2.47. The molecule has 3 nitrogen and oxygen atoms in total. The monoisotopic (exact) mass is 166 g/mol. The molecule has 2 aromatic rings. The van der Waals surface area contributed by atoms with Crippen molar-refractivity contribution < 1.29 is 4.42 Å². The van der Waals surface area contributed by atoms with Gasteiger partial charge in [0.25, 0.3) is 5.89 Å². The smallest absolute Gasteiger partial charge is 0.257 e. The number of hydrogen-bond acceptors (Lipinski definition) is 4. The topological polar surface area (TPSA) is 38.9 Å². The molecule has 56 valence electrons. The third-order valence-electron chi connectivity index (χ3n) is 1.42. The van der Waals surface area contributed by atoms with Crippen LogP contribution in [0, 0.1) is 6.92 Å². The van der Waals surface area contributed by atoms with Gasteiger partial charge in [0, 0.05) is 0 Å². The molecule has 0 bridgehead atoms. The Morgan fingerprint density at radius 3 is 3.00 bits per heavy atom. The minimum Gasteiger partial charge on any atom is -0.423 e. The fourth-order valence-electron chi connectivity index (χ4n) is 0.864. The fraction of sp³-hybridized carbons (Fsp3) is 0.143. The maximum atomic E-state index is 5.05. The average Bonchev–Trinajstić information content (AvgIpc) is 2.55. The van der Waals surface area contributed by atoms with Gasteiger partial charge in [0.15, 0.2) is 0 Å². The minimum atomic E-state index is 0.609. The second-order valence-electron chi connectivity index (χ2n) is 2.18. The van der Waals surface area contributed by atoms with E-state index in [0.717, 1.165) is 4.88 Å². The molecule has 2 heterocycles. The van der Waals surface area contributed by atoms with E-state index < -0.39 is 0 Å². The summed E-state index contributed by atoms with van der Waals surface area (Å²) in [6, 6.07) is 2.03. The van der Waals surface area contributed by atoms with E-state index in [0.29, 0.717) is 5.89 Å². The third kappa shape index (κ3) is 1.05. The van der Waals surface area contributed by atoms with Gasteiger partial charge in [-0.15, -0.1) is 21.5 Å². The summed E-state index contributed by atoms with van der Waals surface area (Å²) in [5.74, 6) is 0.609. The van der Waals surface area contributed by atoms with Crippen molar-refractivity contribution in [2.24, 2.45) is 0 Å². The summed E-state index contributed by atoms with van der Waals surface area (Å²) in [5.41, 5.74) is 1.18. The summed E-state index contributed by atoms with van der Waals surface area (Å²) in [6.45, 7) is 2.02. The van der Waals surface area contributed by atoms with Crippen LogP contribution in [0.3, 0.4) is 0 Å². The minimum absolute atomic E-state index is 0.609. The first-order chi connectivity index (χ1) is 5.38. The highest BCUT2D eigenvalue weighted by molar-refractivity contribution is 7.13. The van der Waals surface area contributed by atoms with Gasteiger partial charge >= 0.3 is 0 Å². The number of aryl methyl sites for hydroxylation is 1. The van der Waals surface area contributed by atoms with Crippen LogP contribution in [0.5, 0.6) is 0 Å². The highest BCUT2D eigenvalue weighted by Crippen LogP contribution is 2.26. The second-order valence-corrected chi connectivity index (χ2v) is 3.09. The zero-order valence-corrected chi connectivity index (χ0v) is 6.76. The van der Waals surface area contributed by atoms with E-state index in [-0.39, 0.29) is 0 Å². The molecule has 0 aliphatic heterocycles. The Bertz CT molecular complexity index is 339. The Labute approximate surface area is 67.7 Å². The lowest BCUT2D eigenvalue weighted by Crippen LogP contribution is -1.74. The van der Waals surface area contributed by atoms with Crippen molar-refractivity contribution in [2.75, 3.05) is 0 Å². The summed E-state index contributed by atoms with van der Waals surface area (Å²) in [5, 5.41) is 9.43. The molecule has 0 amide bonds. The number of nitrogens with zero attached hydrogens (tertiary/aromatic N) is 2. The van der Waals surface area contributed by atoms with Crippen LogP contribution < -0.4 is 0 Å². The number of rotatable bonds is 1. The highest BCUT2D eigenvalue weighted by Gasteiger charge is 2.06. The molecule has 0 fully saturated rings. The molecular weight excluding hydrogens is 160 g/mol. The van der Waals surface area contributed by atoms with Crippen molar-refractivity contribution in [3.8, 4) is 10.8 Å². The average molecular weight is 166 g/mol. The van der Waals surface area contributed by atoms with E-state index in [4.69, 9.17) is 4.42 Å². The highest BCUT2D eigenvalue weighted by atomic mass is 32.1. The van der Waals surface area contributed by atoms with Crippen LogP contribution >= 0.6 is 11.3 Å². The molecule has 0 aliphatic rings. The molecule has 0 unspecified atom stereocenters. The van der Waals surface area contributed by atoms with Crippen molar-refractivity contribution in [1.82, 2.24) is 10.2 Å². The molecule has 11 heavy (non-hydrogen) atoms. The van der Waals surface area contributed by atoms with E-state index in [9.17, 15) is 0 Å². The zero-order chi connectivity index (χ0) is 7.68. The summed E-state index contributed by atoms with van der Waals surface area (Å²) < 4.78 is 5.05. The maximum absolute atomic E-state index is 5.05. The third-order valence-corrected chi connectivity index (χ3v) is 2.42. The first-order valence-electron chi connectivity index (χ1n) is 3.18. The van der Waals surface area contributed by atoms with Crippen LogP contribution in [-0.4, -0.2) is 10.2 Å². The van der Waals surface area contributed by atoms with Crippen molar-refractivity contribution in [3.05, 3.63) is 23.4 Å². The molecule has 0 atom stereocenters. The lowest BCUT2D eigenvalue weighted by Gasteiger charge is -1.87. The maximum Gasteiger partial charge on any atom is 0.257 e. The molecule has 0 aromatic carbocycles. The van der Waals surface area contributed by atoms with Crippen molar-refractivity contribution >= 4 is 11.3 Å². The van der Waals surface area contributed by atoms with Crippen molar-refractivity contribution in [1.29, 1.82) is 0 Å². The first-order valence-corrected chi connectivity index (χ1v) is 4.06. The van der Waals surface area contributed by atoms with Gasteiger partial charge < -0.3 is 4.42 Å². The molecule has 0 saturated carbocycles. The molecular formula is C7H6N2OS. The van der Waals surface area contributed by atoms with Crippen LogP contribution in [0.25, 0.3) is 10.8 Å². The quantitative estimate of drug-likeness (QED) is 0.651. The summed E-state index contributed by atoms with van der Waals surface area (Å²) >= 11 is 1.61. The van der Waals surface area contributed by atoms with Crippen LogP contribution in [0.15, 0.2) is 22.3 Å². The normalized spacial score (nSPS) is 10.3. The van der Waals surface area contributed by atoms with E-state index in [2.05, 4.69) is 10.2 Å². The summed E-state index contributed by atoms with van der Waals surface area (Å²) in [6.07, 6.45) is 1.34. The molecule has 4 heteroatoms. The van der Waals surface area contributed by atoms with Crippen LogP contribution in [-0.2, 0) is 0 Å². The van der Waals surface area contributed by atoms with Crippen LogP contribution in [0.1, 0.15) is 5.56 Å². The van der Waals surface area contributed by atoms with Gasteiger partial charge in [0.05, 0.1) is 4.88 Å². The number of hydrogen-bond donors (Lipinski definition) is 0. The molecule has 0 radical (unpaired) electrons. The van der Waals surface area contributed by atoms with E-state index >= 15 is 0 Å². The van der Waals surface area contributed by atoms with Gasteiger partial charge in [-0.2, -0.15) is 0 Å². The number of aromatic nitrogens is 2. The predicted octanol–water partition coefficient (Wildman–Crippen LogP) is 2.11. The van der Waals surface area contributed by atoms with E-state index in [1.807, 2.05) is 18.4 Å². The van der Waals surface area contributed by atoms with Crippen molar-refractivity contribution in [3.63, 3.8) is 0 Å². The van der Waals surface area contributed by atoms with Gasteiger partial charge in [-0.1, -0.05) is 0 Å². The summed E-state index contributed by atoms with van der Waals surface area (Å²) in [4.78, 5) is 1.06. The largest absolute Gasteiger partial charge is 0.423 e. The van der Waals surface area contributed by atoms with Gasteiger partial charge in [-0.25, -0.2) is 0 Å². The Morgan fingerprint density at radius 2 is 2.45 bits per heavy atom. The number of thiophene rings is 1. The standard InChI is InChI=1S/C7H6N2OS/c1-5-2-3-11-6(5)7-9-8-4-10-7/h2-4H,1H3. The molecule has 0 N–H and O–H groups in total. The van der Waals surface area contributed by atoms with E-state index in [1.165, 1.54) is 12.0 Å². The summed E-state index contributed by atoms with van der Waals surface area (Å²) in [7, 11) is 0. The predicted molar refractivity (Wildman–Crippen MR) is 42.3 cm³/mol. The van der Waals surface area contributed by atoms with Gasteiger partial charge in [0.2, 0.25) is 6.39 Å². The Balaban J connectivity index is 2.53. The molecule has 2 rings (SSSR count). The Morgan fingerprint density at radius 1 is 1.55 bits per heavy atom. The van der Waals surface area contributed by atoms with Gasteiger partial charge in [0.1, 0.15) is 0 Å². The zero-order valence-electron chi connectivity index (χ0n) is 5.94. The Kier molecular flexibility index (Phi) is 1.47. The first kappa shape index (κ1) is 6.54. The molecule has 0 saturated heterocycles. The lowest BCUT2D eigenvalue weighted by atomic mass is 10.3. The SMILES string of the molecule is Cc1ccsc1-c1nnco1. The fourth-order valence-corrected chi connectivity index (χ4v) is 1.72. The Hall–Kier alpha value is -1.16. The molecule has 0 spiro atoms. The van der Waals surface area contributed by atoms with Crippen molar-refractivity contribution in [2.45, 2.75) is 6.92 Å². The molecule has 2 aromatic heterocycles. The van der Waals surface area contributed by atoms with E-state index in [1.54, 1.807) is 11.3 Å². The lowest BCUT2D eigenvalue weighted by molar-refractivity contribution is 0.570.